The van der Waals surface area contributed by atoms with Crippen LogP contribution in [0.5, 0.6) is 0 Å². The number of carbonyl (C=O) groups excluding carboxylic acids is 1. The Morgan fingerprint density at radius 2 is 2.33 bits per heavy atom. The van der Waals surface area contributed by atoms with Crippen LogP contribution < -0.4 is 10.2 Å². The zero-order valence-electron chi connectivity index (χ0n) is 11.6. The van der Waals surface area contributed by atoms with E-state index in [-0.39, 0.29) is 5.91 Å². The van der Waals surface area contributed by atoms with Gasteiger partial charge in [0.2, 0.25) is 0 Å². The molecular formula is C14H17N5O2. The molecule has 2 aromatic heterocycles. The molecule has 110 valence electrons. The van der Waals surface area contributed by atoms with E-state index in [0.717, 1.165) is 36.2 Å². The molecule has 2 N–H and O–H groups in total. The summed E-state index contributed by atoms with van der Waals surface area (Å²) in [4.78, 5) is 25.9. The summed E-state index contributed by atoms with van der Waals surface area (Å²) in [5, 5.41) is 3.97. The number of ether oxygens (including phenoxy) is 1. The Morgan fingerprint density at radius 3 is 3.19 bits per heavy atom. The summed E-state index contributed by atoms with van der Waals surface area (Å²) in [6, 6.07) is 2.31. The highest BCUT2D eigenvalue weighted by Gasteiger charge is 2.32. The predicted octanol–water partition coefficient (Wildman–Crippen LogP) is 0.442. The zero-order chi connectivity index (χ0) is 14.2. The summed E-state index contributed by atoms with van der Waals surface area (Å²) in [5.74, 6) is 0.843. The van der Waals surface area contributed by atoms with Crippen molar-refractivity contribution in [1.82, 2.24) is 20.3 Å². The van der Waals surface area contributed by atoms with Crippen molar-refractivity contribution < 1.29 is 9.53 Å². The van der Waals surface area contributed by atoms with Gasteiger partial charge in [-0.25, -0.2) is 9.97 Å². The first kappa shape index (κ1) is 12.6. The maximum absolute atomic E-state index is 12.1. The normalized spacial score (nSPS) is 22.5. The van der Waals surface area contributed by atoms with Crippen LogP contribution in [0.3, 0.4) is 0 Å². The number of morpholine rings is 1. The van der Waals surface area contributed by atoms with Gasteiger partial charge in [-0.15, -0.1) is 0 Å². The summed E-state index contributed by atoms with van der Waals surface area (Å²) in [6.07, 6.45) is 5.13. The Hall–Kier alpha value is -2.15. The largest absolute Gasteiger partial charge is 0.365 e. The van der Waals surface area contributed by atoms with Crippen LogP contribution in [0.2, 0.25) is 0 Å². The van der Waals surface area contributed by atoms with Gasteiger partial charge in [0, 0.05) is 18.8 Å². The van der Waals surface area contributed by atoms with E-state index in [1.807, 2.05) is 12.3 Å². The molecule has 0 aromatic carbocycles. The van der Waals surface area contributed by atoms with Gasteiger partial charge in [-0.05, 0) is 18.9 Å². The zero-order valence-corrected chi connectivity index (χ0v) is 11.6. The lowest BCUT2D eigenvalue weighted by Crippen LogP contribution is -2.50. The minimum Gasteiger partial charge on any atom is -0.365 e. The molecule has 0 spiro atoms. The maximum Gasteiger partial charge on any atom is 0.251 e. The number of hydrogen-bond donors (Lipinski definition) is 2. The molecular weight excluding hydrogens is 270 g/mol. The number of anilines is 1. The molecule has 0 bridgehead atoms. The number of fused-ring (bicyclic) bond motifs is 1. The molecule has 4 rings (SSSR count). The SMILES string of the molecule is O=C(NC1CC1)C1CN(c2ncnc3[nH]ccc23)CCO1. The lowest BCUT2D eigenvalue weighted by molar-refractivity contribution is -0.133. The topological polar surface area (TPSA) is 83.1 Å². The van der Waals surface area contributed by atoms with E-state index in [2.05, 4.69) is 25.2 Å². The first-order valence-electron chi connectivity index (χ1n) is 7.26. The van der Waals surface area contributed by atoms with Crippen LogP contribution in [0, 0.1) is 0 Å². The van der Waals surface area contributed by atoms with E-state index in [4.69, 9.17) is 4.74 Å². The Bertz CT molecular complexity index is 666. The van der Waals surface area contributed by atoms with Gasteiger partial charge >= 0.3 is 0 Å². The van der Waals surface area contributed by atoms with Crippen LogP contribution in [0.4, 0.5) is 5.82 Å². The van der Waals surface area contributed by atoms with Gasteiger partial charge in [0.25, 0.3) is 5.91 Å². The second-order valence-electron chi connectivity index (χ2n) is 5.53. The summed E-state index contributed by atoms with van der Waals surface area (Å²) in [5.41, 5.74) is 0.811. The number of nitrogens with zero attached hydrogens (tertiary/aromatic N) is 3. The van der Waals surface area contributed by atoms with Crippen LogP contribution in [0.1, 0.15) is 12.8 Å². The van der Waals surface area contributed by atoms with Crippen molar-refractivity contribution in [2.24, 2.45) is 0 Å². The van der Waals surface area contributed by atoms with E-state index < -0.39 is 6.10 Å². The van der Waals surface area contributed by atoms with E-state index in [9.17, 15) is 4.79 Å². The van der Waals surface area contributed by atoms with Crippen molar-refractivity contribution in [3.05, 3.63) is 18.6 Å². The van der Waals surface area contributed by atoms with Crippen LogP contribution >= 0.6 is 0 Å². The fraction of sp³-hybridized carbons (Fsp3) is 0.500. The number of carbonyl (C=O) groups is 1. The average Bonchev–Trinajstić information content (AvgIpc) is 3.20. The van der Waals surface area contributed by atoms with Crippen molar-refractivity contribution in [3.8, 4) is 0 Å². The molecule has 3 heterocycles. The molecule has 1 unspecified atom stereocenters. The number of aromatic nitrogens is 3. The third-order valence-electron chi connectivity index (χ3n) is 3.92. The summed E-state index contributed by atoms with van der Waals surface area (Å²) in [6.45, 7) is 1.78. The van der Waals surface area contributed by atoms with Crippen molar-refractivity contribution in [2.75, 3.05) is 24.6 Å². The second kappa shape index (κ2) is 5.00. The molecule has 21 heavy (non-hydrogen) atoms. The van der Waals surface area contributed by atoms with Crippen molar-refractivity contribution in [3.63, 3.8) is 0 Å². The molecule has 2 fully saturated rings. The second-order valence-corrected chi connectivity index (χ2v) is 5.53. The van der Waals surface area contributed by atoms with E-state index in [0.29, 0.717) is 19.2 Å². The van der Waals surface area contributed by atoms with Gasteiger partial charge in [0.1, 0.15) is 17.8 Å². The van der Waals surface area contributed by atoms with Crippen LogP contribution in [-0.2, 0) is 9.53 Å². The monoisotopic (exact) mass is 287 g/mol. The molecule has 7 heteroatoms. The van der Waals surface area contributed by atoms with Crippen molar-refractivity contribution >= 4 is 22.8 Å². The third kappa shape index (κ3) is 2.44. The Labute approximate surface area is 121 Å². The van der Waals surface area contributed by atoms with E-state index in [1.165, 1.54) is 0 Å². The maximum atomic E-state index is 12.1. The van der Waals surface area contributed by atoms with Gasteiger partial charge in [-0.2, -0.15) is 0 Å². The quantitative estimate of drug-likeness (QED) is 0.856. The fourth-order valence-corrected chi connectivity index (χ4v) is 2.63. The number of aromatic amines is 1. The van der Waals surface area contributed by atoms with E-state index >= 15 is 0 Å². The summed E-state index contributed by atoms with van der Waals surface area (Å²) >= 11 is 0. The standard InChI is InChI=1S/C14H17N5O2/c20-14(18-9-1-2-9)11-7-19(5-6-21-11)13-10-3-4-15-12(10)16-8-17-13/h3-4,8-9,11H,1-2,5-7H2,(H,18,20)(H,15,16,17). The highest BCUT2D eigenvalue weighted by atomic mass is 16.5. The Balaban J connectivity index is 1.54. The molecule has 0 radical (unpaired) electrons. The Morgan fingerprint density at radius 1 is 1.43 bits per heavy atom. The highest BCUT2D eigenvalue weighted by molar-refractivity contribution is 5.88. The highest BCUT2D eigenvalue weighted by Crippen LogP contribution is 2.24. The Kier molecular flexibility index (Phi) is 2.99. The van der Waals surface area contributed by atoms with Crippen molar-refractivity contribution in [1.29, 1.82) is 0 Å². The molecule has 1 aliphatic heterocycles. The number of amides is 1. The smallest absolute Gasteiger partial charge is 0.251 e. The lowest BCUT2D eigenvalue weighted by atomic mass is 10.2. The number of H-pyrrole nitrogens is 1. The molecule has 1 saturated heterocycles. The van der Waals surface area contributed by atoms with Crippen LogP contribution in [0.25, 0.3) is 11.0 Å². The molecule has 7 nitrogen and oxygen atoms in total. The number of hydrogen-bond acceptors (Lipinski definition) is 5. The van der Waals surface area contributed by atoms with Gasteiger partial charge in [0.05, 0.1) is 18.5 Å². The number of rotatable bonds is 3. The lowest BCUT2D eigenvalue weighted by Gasteiger charge is -2.33. The predicted molar refractivity (Wildman–Crippen MR) is 77.0 cm³/mol. The van der Waals surface area contributed by atoms with Gasteiger partial charge in [-0.3, -0.25) is 4.79 Å². The van der Waals surface area contributed by atoms with Crippen LogP contribution in [-0.4, -0.2) is 52.7 Å². The number of nitrogens with one attached hydrogen (secondary N) is 2. The summed E-state index contributed by atoms with van der Waals surface area (Å²) < 4.78 is 5.61. The molecule has 1 amide bonds. The average molecular weight is 287 g/mol. The van der Waals surface area contributed by atoms with Gasteiger partial charge in [0.15, 0.2) is 6.10 Å². The summed E-state index contributed by atoms with van der Waals surface area (Å²) in [7, 11) is 0. The first-order valence-corrected chi connectivity index (χ1v) is 7.26. The first-order chi connectivity index (χ1) is 10.3. The van der Waals surface area contributed by atoms with Gasteiger partial charge in [-0.1, -0.05) is 0 Å². The van der Waals surface area contributed by atoms with E-state index in [1.54, 1.807) is 6.33 Å². The minimum atomic E-state index is -0.427. The van der Waals surface area contributed by atoms with Crippen LogP contribution in [0.15, 0.2) is 18.6 Å². The van der Waals surface area contributed by atoms with Crippen molar-refractivity contribution in [2.45, 2.75) is 25.0 Å². The molecule has 1 saturated carbocycles. The third-order valence-corrected chi connectivity index (χ3v) is 3.92. The van der Waals surface area contributed by atoms with Gasteiger partial charge < -0.3 is 19.9 Å². The minimum absolute atomic E-state index is 0.0124. The molecule has 2 aromatic rings. The molecule has 1 aliphatic carbocycles. The molecule has 2 aliphatic rings. The fourth-order valence-electron chi connectivity index (χ4n) is 2.63. The molecule has 1 atom stereocenters.